The summed E-state index contributed by atoms with van der Waals surface area (Å²) in [5, 5.41) is 15.1. The molecule has 0 spiro atoms. The lowest BCUT2D eigenvalue weighted by molar-refractivity contribution is 0.0873. The summed E-state index contributed by atoms with van der Waals surface area (Å²) < 4.78 is 6.99. The van der Waals surface area contributed by atoms with Gasteiger partial charge in [0.15, 0.2) is 0 Å². The van der Waals surface area contributed by atoms with Crippen LogP contribution in [0.2, 0.25) is 0 Å². The first-order valence-corrected chi connectivity index (χ1v) is 10.5. The molecule has 0 aliphatic heterocycles. The number of aryl methyl sites for hydroxylation is 2. The van der Waals surface area contributed by atoms with Crippen molar-refractivity contribution in [2.75, 3.05) is 6.61 Å². The van der Waals surface area contributed by atoms with Crippen LogP contribution in [0, 0.1) is 13.8 Å². The molecule has 0 saturated carbocycles. The van der Waals surface area contributed by atoms with Crippen molar-refractivity contribution in [2.24, 2.45) is 0 Å². The van der Waals surface area contributed by atoms with Crippen molar-refractivity contribution in [3.8, 4) is 28.3 Å². The smallest absolute Gasteiger partial charge is 0.364 e. The van der Waals surface area contributed by atoms with Gasteiger partial charge in [0.1, 0.15) is 29.8 Å². The Hall–Kier alpha value is -3.77. The molecule has 0 aliphatic carbocycles. The Labute approximate surface area is 186 Å². The van der Waals surface area contributed by atoms with Crippen LogP contribution < -0.4 is 10.4 Å². The van der Waals surface area contributed by atoms with Gasteiger partial charge < -0.3 is 9.84 Å². The molecule has 4 rings (SSSR count). The zero-order chi connectivity index (χ0) is 22.5. The molecule has 1 unspecified atom stereocenters. The van der Waals surface area contributed by atoms with Crippen LogP contribution >= 0.6 is 0 Å². The van der Waals surface area contributed by atoms with E-state index in [9.17, 15) is 9.90 Å². The standard InChI is InChI=1S/C26H25N3O3/c1-18-13-14-19(2)23(15-18)32-17-22(30)16-29-26(31)27-24(20-9-5-3-6-10-20)25(28-29)21-11-7-4-8-12-21/h3-15,22,30H,16-17H2,1-2H3. The topological polar surface area (TPSA) is 77.2 Å². The largest absolute Gasteiger partial charge is 0.491 e. The summed E-state index contributed by atoms with van der Waals surface area (Å²) in [6.07, 6.45) is -0.923. The molecule has 1 aromatic heterocycles. The van der Waals surface area contributed by atoms with Gasteiger partial charge in [0.2, 0.25) is 0 Å². The molecule has 0 saturated heterocycles. The number of ether oxygens (including phenoxy) is 1. The van der Waals surface area contributed by atoms with Crippen LogP contribution in [0.3, 0.4) is 0 Å². The van der Waals surface area contributed by atoms with Gasteiger partial charge in [-0.1, -0.05) is 72.8 Å². The molecule has 1 heterocycles. The van der Waals surface area contributed by atoms with E-state index in [2.05, 4.69) is 10.1 Å². The predicted octanol–water partition coefficient (Wildman–Crippen LogP) is 4.03. The van der Waals surface area contributed by atoms with Crippen LogP contribution in [-0.4, -0.2) is 32.6 Å². The minimum atomic E-state index is -0.923. The minimum absolute atomic E-state index is 0.0222. The molecule has 0 radical (unpaired) electrons. The van der Waals surface area contributed by atoms with Crippen molar-refractivity contribution in [2.45, 2.75) is 26.5 Å². The first-order chi connectivity index (χ1) is 15.5. The highest BCUT2D eigenvalue weighted by molar-refractivity contribution is 5.77. The average molecular weight is 428 g/mol. The first kappa shape index (κ1) is 21.5. The summed E-state index contributed by atoms with van der Waals surface area (Å²) in [7, 11) is 0. The van der Waals surface area contributed by atoms with E-state index < -0.39 is 11.8 Å². The van der Waals surface area contributed by atoms with E-state index in [4.69, 9.17) is 4.74 Å². The van der Waals surface area contributed by atoms with Crippen molar-refractivity contribution < 1.29 is 9.84 Å². The number of rotatable bonds is 7. The minimum Gasteiger partial charge on any atom is -0.491 e. The lowest BCUT2D eigenvalue weighted by Gasteiger charge is -2.16. The number of nitrogens with zero attached hydrogens (tertiary/aromatic N) is 3. The highest BCUT2D eigenvalue weighted by Gasteiger charge is 2.17. The Morgan fingerprint density at radius 1 is 0.906 bits per heavy atom. The van der Waals surface area contributed by atoms with Gasteiger partial charge in [0, 0.05) is 11.1 Å². The van der Waals surface area contributed by atoms with E-state index in [0.717, 1.165) is 22.3 Å². The molecular formula is C26H25N3O3. The molecule has 3 aromatic carbocycles. The fourth-order valence-electron chi connectivity index (χ4n) is 3.42. The summed E-state index contributed by atoms with van der Waals surface area (Å²) >= 11 is 0. The molecule has 1 atom stereocenters. The second-order valence-electron chi connectivity index (χ2n) is 7.74. The van der Waals surface area contributed by atoms with Crippen LogP contribution in [0.5, 0.6) is 5.75 Å². The summed E-state index contributed by atoms with van der Waals surface area (Å²) in [5.41, 5.74) is 4.28. The second kappa shape index (κ2) is 9.58. The highest BCUT2D eigenvalue weighted by Crippen LogP contribution is 2.27. The van der Waals surface area contributed by atoms with Crippen LogP contribution in [0.4, 0.5) is 0 Å². The summed E-state index contributed by atoms with van der Waals surface area (Å²) in [6, 6.07) is 25.0. The van der Waals surface area contributed by atoms with Crippen molar-refractivity contribution in [3.05, 3.63) is 100 Å². The molecule has 162 valence electrons. The van der Waals surface area contributed by atoms with Crippen molar-refractivity contribution >= 4 is 0 Å². The lowest BCUT2D eigenvalue weighted by Crippen LogP contribution is -2.34. The van der Waals surface area contributed by atoms with E-state index in [1.54, 1.807) is 0 Å². The first-order valence-electron chi connectivity index (χ1n) is 10.5. The summed E-state index contributed by atoms with van der Waals surface area (Å²) in [6.45, 7) is 3.95. The highest BCUT2D eigenvalue weighted by atomic mass is 16.5. The second-order valence-corrected chi connectivity index (χ2v) is 7.74. The molecular weight excluding hydrogens is 402 g/mol. The molecule has 1 N–H and O–H groups in total. The van der Waals surface area contributed by atoms with Crippen LogP contribution in [0.25, 0.3) is 22.5 Å². The zero-order valence-electron chi connectivity index (χ0n) is 18.1. The Morgan fingerprint density at radius 2 is 1.53 bits per heavy atom. The van der Waals surface area contributed by atoms with E-state index in [0.29, 0.717) is 17.1 Å². The van der Waals surface area contributed by atoms with Gasteiger partial charge in [-0.05, 0) is 31.0 Å². The van der Waals surface area contributed by atoms with Gasteiger partial charge in [0.25, 0.3) is 0 Å². The van der Waals surface area contributed by atoms with E-state index in [1.807, 2.05) is 92.7 Å². The van der Waals surface area contributed by atoms with E-state index in [1.165, 1.54) is 4.68 Å². The number of aliphatic hydroxyl groups is 1. The molecule has 0 amide bonds. The molecule has 6 heteroatoms. The Kier molecular flexibility index (Phi) is 6.42. The number of hydrogen-bond acceptors (Lipinski definition) is 5. The van der Waals surface area contributed by atoms with Crippen molar-refractivity contribution in [3.63, 3.8) is 0 Å². The molecule has 32 heavy (non-hydrogen) atoms. The number of aromatic nitrogens is 3. The van der Waals surface area contributed by atoms with Gasteiger partial charge in [-0.3, -0.25) is 0 Å². The Morgan fingerprint density at radius 3 is 2.19 bits per heavy atom. The average Bonchev–Trinajstić information content (AvgIpc) is 2.82. The summed E-state index contributed by atoms with van der Waals surface area (Å²) in [5.74, 6) is 0.715. The maximum absolute atomic E-state index is 12.7. The normalized spacial score (nSPS) is 11.8. The number of hydrogen-bond donors (Lipinski definition) is 1. The van der Waals surface area contributed by atoms with Gasteiger partial charge in [-0.25, -0.2) is 9.48 Å². The van der Waals surface area contributed by atoms with Crippen molar-refractivity contribution in [1.29, 1.82) is 0 Å². The monoisotopic (exact) mass is 427 g/mol. The van der Waals surface area contributed by atoms with Crippen molar-refractivity contribution in [1.82, 2.24) is 14.8 Å². The third kappa shape index (κ3) is 4.92. The third-order valence-corrected chi connectivity index (χ3v) is 5.13. The molecule has 0 fully saturated rings. The Balaban J connectivity index is 1.61. The maximum atomic E-state index is 12.7. The fourth-order valence-corrected chi connectivity index (χ4v) is 3.42. The zero-order valence-corrected chi connectivity index (χ0v) is 18.1. The van der Waals surface area contributed by atoms with Gasteiger partial charge in [-0.15, -0.1) is 0 Å². The molecule has 6 nitrogen and oxygen atoms in total. The van der Waals surface area contributed by atoms with Crippen LogP contribution in [0.1, 0.15) is 11.1 Å². The van der Waals surface area contributed by atoms with Gasteiger partial charge in [-0.2, -0.15) is 10.1 Å². The summed E-state index contributed by atoms with van der Waals surface area (Å²) in [4.78, 5) is 17.1. The SMILES string of the molecule is Cc1ccc(C)c(OCC(O)Cn2nc(-c3ccccc3)c(-c3ccccc3)nc2=O)c1. The lowest BCUT2D eigenvalue weighted by atomic mass is 10.0. The van der Waals surface area contributed by atoms with Gasteiger partial charge in [0.05, 0.1) is 6.54 Å². The third-order valence-electron chi connectivity index (χ3n) is 5.13. The predicted molar refractivity (Wildman–Crippen MR) is 125 cm³/mol. The maximum Gasteiger partial charge on any atom is 0.364 e. The quantitative estimate of drug-likeness (QED) is 0.482. The van der Waals surface area contributed by atoms with Crippen LogP contribution in [-0.2, 0) is 6.54 Å². The molecule has 0 aliphatic rings. The van der Waals surface area contributed by atoms with E-state index in [-0.39, 0.29) is 13.2 Å². The number of benzene rings is 3. The number of aliphatic hydroxyl groups excluding tert-OH is 1. The fraction of sp³-hybridized carbons (Fsp3) is 0.192. The molecule has 0 bridgehead atoms. The van der Waals surface area contributed by atoms with Crippen LogP contribution in [0.15, 0.2) is 83.7 Å². The molecule has 4 aromatic rings. The Bertz CT molecular complexity index is 1250. The van der Waals surface area contributed by atoms with Gasteiger partial charge >= 0.3 is 5.69 Å². The van der Waals surface area contributed by atoms with E-state index >= 15 is 0 Å².